The summed E-state index contributed by atoms with van der Waals surface area (Å²) in [5.74, 6) is -0.841. The average molecular weight is 339 g/mol. The molecule has 0 saturated carbocycles. The molecule has 1 heterocycles. The highest BCUT2D eigenvalue weighted by molar-refractivity contribution is 7.18. The van der Waals surface area contributed by atoms with E-state index in [9.17, 15) is 9.59 Å². The highest BCUT2D eigenvalue weighted by Crippen LogP contribution is 2.31. The number of hydrogen-bond donors (Lipinski definition) is 2. The molecule has 1 aromatic heterocycles. The zero-order valence-electron chi connectivity index (χ0n) is 12.1. The van der Waals surface area contributed by atoms with Crippen molar-refractivity contribution in [2.75, 3.05) is 17.7 Å². The van der Waals surface area contributed by atoms with E-state index >= 15 is 0 Å². The summed E-state index contributed by atoms with van der Waals surface area (Å²) in [6.07, 6.45) is 0. The highest BCUT2D eigenvalue weighted by Gasteiger charge is 2.24. The van der Waals surface area contributed by atoms with Gasteiger partial charge in [-0.3, -0.25) is 4.79 Å². The highest BCUT2D eigenvalue weighted by atomic mass is 35.5. The van der Waals surface area contributed by atoms with E-state index in [2.05, 4.69) is 5.32 Å². The summed E-state index contributed by atoms with van der Waals surface area (Å²) < 4.78 is 4.96. The molecule has 1 amide bonds. The van der Waals surface area contributed by atoms with Gasteiger partial charge in [0.25, 0.3) is 5.91 Å². The van der Waals surface area contributed by atoms with Gasteiger partial charge in [-0.25, -0.2) is 4.79 Å². The molecule has 3 N–H and O–H groups in total. The fourth-order valence-corrected chi connectivity index (χ4v) is 3.03. The molecule has 0 radical (unpaired) electrons. The van der Waals surface area contributed by atoms with Gasteiger partial charge in [-0.2, -0.15) is 0 Å². The predicted octanol–water partition coefficient (Wildman–Crippen LogP) is 3.72. The maximum Gasteiger partial charge on any atom is 0.348 e. The number of benzene rings is 1. The average Bonchev–Trinajstić information content (AvgIpc) is 2.77. The Bertz CT molecular complexity index is 710. The van der Waals surface area contributed by atoms with E-state index in [0.717, 1.165) is 11.3 Å². The number of carbonyl (C=O) groups is 2. The van der Waals surface area contributed by atoms with Crippen molar-refractivity contribution in [1.29, 1.82) is 0 Å². The van der Waals surface area contributed by atoms with Crippen molar-refractivity contribution in [3.63, 3.8) is 0 Å². The summed E-state index contributed by atoms with van der Waals surface area (Å²) in [5.41, 5.74) is 7.29. The van der Waals surface area contributed by atoms with Crippen LogP contribution in [-0.4, -0.2) is 18.5 Å². The molecule has 5 nitrogen and oxygen atoms in total. The van der Waals surface area contributed by atoms with Crippen molar-refractivity contribution in [3.8, 4) is 0 Å². The quantitative estimate of drug-likeness (QED) is 0.832. The number of amides is 1. The van der Waals surface area contributed by atoms with Crippen LogP contribution < -0.4 is 11.1 Å². The number of nitrogen functional groups attached to an aromatic ring is 1. The number of nitrogens with one attached hydrogen (secondary N) is 1. The molecule has 2 rings (SSSR count). The number of halogens is 1. The molecule has 0 atom stereocenters. The minimum atomic E-state index is -0.470. The molecule has 0 spiro atoms. The maximum atomic E-state index is 12.4. The Morgan fingerprint density at radius 2 is 1.95 bits per heavy atom. The summed E-state index contributed by atoms with van der Waals surface area (Å²) >= 11 is 6.85. The second-order valence-corrected chi connectivity index (χ2v) is 5.97. The Hall–Kier alpha value is -2.05. The number of carbonyl (C=O) groups excluding carboxylic acids is 2. The van der Waals surface area contributed by atoms with Gasteiger partial charge in [0.15, 0.2) is 0 Å². The summed E-state index contributed by atoms with van der Waals surface area (Å²) in [7, 11) is 0. The molecule has 0 aliphatic heterocycles. The van der Waals surface area contributed by atoms with Gasteiger partial charge < -0.3 is 15.8 Å². The molecule has 1 aromatic carbocycles. The molecule has 0 aliphatic carbocycles. The maximum absolute atomic E-state index is 12.4. The van der Waals surface area contributed by atoms with Crippen LogP contribution in [0, 0.1) is 6.92 Å². The van der Waals surface area contributed by atoms with Crippen molar-refractivity contribution in [1.82, 2.24) is 0 Å². The molecule has 0 aliphatic rings. The van der Waals surface area contributed by atoms with Gasteiger partial charge in [-0.15, -0.1) is 11.3 Å². The van der Waals surface area contributed by atoms with E-state index in [-0.39, 0.29) is 17.5 Å². The molecular weight excluding hydrogens is 324 g/mol. The van der Waals surface area contributed by atoms with Gasteiger partial charge in [0.1, 0.15) is 4.88 Å². The van der Waals surface area contributed by atoms with Crippen molar-refractivity contribution in [2.24, 2.45) is 0 Å². The van der Waals surface area contributed by atoms with Crippen LogP contribution in [0.2, 0.25) is 5.02 Å². The Morgan fingerprint density at radius 1 is 1.32 bits per heavy atom. The molecule has 2 aromatic rings. The van der Waals surface area contributed by atoms with E-state index in [1.165, 1.54) is 0 Å². The third kappa shape index (κ3) is 3.40. The third-order valence-corrected chi connectivity index (χ3v) is 4.32. The summed E-state index contributed by atoms with van der Waals surface area (Å²) in [6.45, 7) is 3.66. The van der Waals surface area contributed by atoms with Crippen molar-refractivity contribution in [3.05, 3.63) is 45.3 Å². The second kappa shape index (κ2) is 6.81. The summed E-state index contributed by atoms with van der Waals surface area (Å²) in [6, 6.07) is 6.71. The first-order valence-electron chi connectivity index (χ1n) is 6.57. The standard InChI is InChI=1S/C15H15ClN2O3S/c1-3-21-15(20)12-8(2)11(13(17)22-12)14(19)18-10-6-4-9(16)5-7-10/h4-7H,3,17H2,1-2H3,(H,18,19). The fraction of sp³-hybridized carbons (Fsp3) is 0.200. The van der Waals surface area contributed by atoms with Crippen LogP contribution in [0.1, 0.15) is 32.5 Å². The number of rotatable bonds is 4. The minimum absolute atomic E-state index is 0.266. The van der Waals surface area contributed by atoms with Crippen molar-refractivity contribution < 1.29 is 14.3 Å². The normalized spacial score (nSPS) is 10.3. The second-order valence-electron chi connectivity index (χ2n) is 4.48. The third-order valence-electron chi connectivity index (χ3n) is 2.96. The van der Waals surface area contributed by atoms with E-state index < -0.39 is 5.97 Å². The zero-order valence-corrected chi connectivity index (χ0v) is 13.7. The van der Waals surface area contributed by atoms with Crippen molar-refractivity contribution >= 4 is 45.5 Å². The number of anilines is 2. The lowest BCUT2D eigenvalue weighted by atomic mass is 10.1. The Balaban J connectivity index is 2.26. The molecule has 0 saturated heterocycles. The Morgan fingerprint density at radius 3 is 2.55 bits per heavy atom. The number of hydrogen-bond acceptors (Lipinski definition) is 5. The van der Waals surface area contributed by atoms with Gasteiger partial charge in [0.05, 0.1) is 17.2 Å². The first-order valence-corrected chi connectivity index (χ1v) is 7.76. The Kier molecular flexibility index (Phi) is 5.05. The molecule has 116 valence electrons. The topological polar surface area (TPSA) is 81.4 Å². The monoisotopic (exact) mass is 338 g/mol. The smallest absolute Gasteiger partial charge is 0.348 e. The lowest BCUT2D eigenvalue weighted by Crippen LogP contribution is -2.14. The Labute approximate surface area is 137 Å². The van der Waals surface area contributed by atoms with Crippen molar-refractivity contribution in [2.45, 2.75) is 13.8 Å². The van der Waals surface area contributed by atoms with Crippen LogP contribution in [0.4, 0.5) is 10.7 Å². The van der Waals surface area contributed by atoms with Crippen LogP contribution in [0.3, 0.4) is 0 Å². The first-order chi connectivity index (χ1) is 10.4. The zero-order chi connectivity index (χ0) is 16.3. The molecule has 0 unspecified atom stereocenters. The van der Waals surface area contributed by atoms with E-state index in [0.29, 0.717) is 26.7 Å². The van der Waals surface area contributed by atoms with E-state index in [4.69, 9.17) is 22.1 Å². The molecule has 7 heteroatoms. The van der Waals surface area contributed by atoms with E-state index in [1.807, 2.05) is 0 Å². The fourth-order valence-electron chi connectivity index (χ4n) is 1.94. The van der Waals surface area contributed by atoms with E-state index in [1.54, 1.807) is 38.1 Å². The molecule has 0 bridgehead atoms. The van der Waals surface area contributed by atoms with Crippen LogP contribution >= 0.6 is 22.9 Å². The number of ether oxygens (including phenoxy) is 1. The summed E-state index contributed by atoms with van der Waals surface area (Å²) in [4.78, 5) is 24.5. The lowest BCUT2D eigenvalue weighted by molar-refractivity contribution is 0.0531. The van der Waals surface area contributed by atoms with Crippen LogP contribution in [0.15, 0.2) is 24.3 Å². The molecular formula is C15H15ClN2O3S. The number of esters is 1. The summed E-state index contributed by atoms with van der Waals surface area (Å²) in [5, 5.41) is 3.59. The molecule has 22 heavy (non-hydrogen) atoms. The number of nitrogens with two attached hydrogens (primary N) is 1. The lowest BCUT2D eigenvalue weighted by Gasteiger charge is -2.06. The van der Waals surface area contributed by atoms with Gasteiger partial charge in [0, 0.05) is 10.7 Å². The van der Waals surface area contributed by atoms with Gasteiger partial charge >= 0.3 is 5.97 Å². The predicted molar refractivity (Wildman–Crippen MR) is 88.8 cm³/mol. The molecule has 0 fully saturated rings. The van der Waals surface area contributed by atoms with Crippen LogP contribution in [-0.2, 0) is 4.74 Å². The number of thiophene rings is 1. The van der Waals surface area contributed by atoms with Gasteiger partial charge in [-0.1, -0.05) is 11.6 Å². The van der Waals surface area contributed by atoms with Crippen LogP contribution in [0.25, 0.3) is 0 Å². The minimum Gasteiger partial charge on any atom is -0.462 e. The SMILES string of the molecule is CCOC(=O)c1sc(N)c(C(=O)Nc2ccc(Cl)cc2)c1C. The largest absolute Gasteiger partial charge is 0.462 e. The van der Waals surface area contributed by atoms with Gasteiger partial charge in [0.2, 0.25) is 0 Å². The first kappa shape index (κ1) is 16.3. The van der Waals surface area contributed by atoms with Crippen LogP contribution in [0.5, 0.6) is 0 Å². The van der Waals surface area contributed by atoms with Gasteiger partial charge in [-0.05, 0) is 43.7 Å².